The van der Waals surface area contributed by atoms with Gasteiger partial charge in [0.2, 0.25) is 5.78 Å². The molecule has 8 heteroatoms. The van der Waals surface area contributed by atoms with Crippen molar-refractivity contribution in [2.45, 2.75) is 50.6 Å². The molecule has 2 fully saturated rings. The quantitative estimate of drug-likeness (QED) is 0.617. The highest BCUT2D eigenvalue weighted by Gasteiger charge is 2.28. The minimum absolute atomic E-state index is 0.0272. The average Bonchev–Trinajstić information content (AvgIpc) is 3.46. The van der Waals surface area contributed by atoms with Crippen LogP contribution in [-0.4, -0.2) is 56.6 Å². The summed E-state index contributed by atoms with van der Waals surface area (Å²) in [6, 6.07) is 8.71. The van der Waals surface area contributed by atoms with Crippen molar-refractivity contribution in [3.05, 3.63) is 47.8 Å². The molecule has 1 saturated carbocycles. The molecule has 0 spiro atoms. The summed E-state index contributed by atoms with van der Waals surface area (Å²) in [6.45, 7) is 1.58. The van der Waals surface area contributed by atoms with Gasteiger partial charge in [-0.05, 0) is 38.5 Å². The number of nitrogens with one attached hydrogen (secondary N) is 1. The van der Waals surface area contributed by atoms with Crippen molar-refractivity contribution in [2.75, 3.05) is 13.1 Å². The minimum atomic E-state index is -0.557. The van der Waals surface area contributed by atoms with Crippen molar-refractivity contribution in [1.29, 1.82) is 0 Å². The summed E-state index contributed by atoms with van der Waals surface area (Å²) in [5, 5.41) is 11.1. The van der Waals surface area contributed by atoms with Crippen LogP contribution in [0.25, 0.3) is 0 Å². The van der Waals surface area contributed by atoms with Crippen LogP contribution in [-0.2, 0) is 4.79 Å². The molecule has 4 rings (SSSR count). The number of aromatic nitrogens is 3. The zero-order valence-electron chi connectivity index (χ0n) is 16.3. The van der Waals surface area contributed by atoms with E-state index in [2.05, 4.69) is 15.6 Å². The Morgan fingerprint density at radius 1 is 0.966 bits per heavy atom. The topological polar surface area (TPSA) is 97.2 Å². The molecular formula is C21H25N5O3. The lowest BCUT2D eigenvalue weighted by Gasteiger charge is -2.28. The van der Waals surface area contributed by atoms with Crippen LogP contribution in [0.4, 0.5) is 0 Å². The molecule has 1 aromatic heterocycles. The molecule has 2 aromatic rings. The van der Waals surface area contributed by atoms with E-state index in [1.54, 1.807) is 35.1 Å². The van der Waals surface area contributed by atoms with Gasteiger partial charge in [-0.15, -0.1) is 5.10 Å². The molecule has 2 heterocycles. The van der Waals surface area contributed by atoms with Gasteiger partial charge < -0.3 is 10.2 Å². The van der Waals surface area contributed by atoms with Gasteiger partial charge in [-0.25, -0.2) is 4.68 Å². The minimum Gasteiger partial charge on any atom is -0.346 e. The fourth-order valence-corrected chi connectivity index (χ4v) is 4.09. The third-order valence-electron chi connectivity index (χ3n) is 5.77. The van der Waals surface area contributed by atoms with Crippen LogP contribution in [0.2, 0.25) is 0 Å². The Bertz CT molecular complexity index is 881. The summed E-state index contributed by atoms with van der Waals surface area (Å²) >= 11 is 0. The van der Waals surface area contributed by atoms with Gasteiger partial charge in [0.1, 0.15) is 0 Å². The Morgan fingerprint density at radius 3 is 2.34 bits per heavy atom. The summed E-state index contributed by atoms with van der Waals surface area (Å²) in [5.74, 6) is -1.11. The van der Waals surface area contributed by atoms with Crippen molar-refractivity contribution >= 4 is 17.6 Å². The van der Waals surface area contributed by atoms with Crippen molar-refractivity contribution < 1.29 is 14.4 Å². The Labute approximate surface area is 169 Å². The summed E-state index contributed by atoms with van der Waals surface area (Å²) < 4.78 is 1.77. The fourth-order valence-electron chi connectivity index (χ4n) is 4.09. The molecule has 8 nitrogen and oxygen atoms in total. The molecule has 152 valence electrons. The summed E-state index contributed by atoms with van der Waals surface area (Å²) in [6.07, 6.45) is 6.96. The number of ketones is 1. The van der Waals surface area contributed by atoms with Crippen LogP contribution in [0.15, 0.2) is 36.5 Å². The first-order valence-electron chi connectivity index (χ1n) is 10.2. The van der Waals surface area contributed by atoms with E-state index in [0.29, 0.717) is 11.3 Å². The molecule has 0 unspecified atom stereocenters. The molecular weight excluding hydrogens is 370 g/mol. The molecule has 1 aromatic carbocycles. The zero-order valence-corrected chi connectivity index (χ0v) is 16.3. The maximum absolute atomic E-state index is 12.4. The van der Waals surface area contributed by atoms with Crippen LogP contribution in [0.5, 0.6) is 0 Å². The van der Waals surface area contributed by atoms with Gasteiger partial charge in [0.25, 0.3) is 11.8 Å². The molecule has 29 heavy (non-hydrogen) atoms. The second-order valence-electron chi connectivity index (χ2n) is 7.76. The monoisotopic (exact) mass is 395 g/mol. The molecule has 0 bridgehead atoms. The smallest absolute Gasteiger partial charge is 0.292 e. The number of rotatable bonds is 5. The number of hydrogen-bond acceptors (Lipinski definition) is 5. The molecule has 0 atom stereocenters. The lowest BCUT2D eigenvalue weighted by Crippen LogP contribution is -2.41. The highest BCUT2D eigenvalue weighted by Crippen LogP contribution is 2.28. The van der Waals surface area contributed by atoms with Gasteiger partial charge >= 0.3 is 0 Å². The zero-order chi connectivity index (χ0) is 20.2. The van der Waals surface area contributed by atoms with E-state index in [0.717, 1.165) is 51.6 Å². The Balaban J connectivity index is 1.29. The molecule has 1 aliphatic carbocycles. The Hall–Kier alpha value is -3.03. The van der Waals surface area contributed by atoms with Crippen LogP contribution in [0.3, 0.4) is 0 Å². The number of hydrogen-bond donors (Lipinski definition) is 1. The van der Waals surface area contributed by atoms with Crippen molar-refractivity contribution in [2.24, 2.45) is 0 Å². The number of Topliss-reactive ketones (excluding diaryl/α,β-unsaturated/α-hetero) is 1. The SMILES string of the molecule is O=C(NC1CCC(n2cc(C(=O)N3CCCC3)nn2)CC1)C(=O)c1ccccc1. The second-order valence-corrected chi connectivity index (χ2v) is 7.76. The van der Waals surface area contributed by atoms with E-state index < -0.39 is 11.7 Å². The predicted octanol–water partition coefficient (Wildman–Crippen LogP) is 2.00. The Morgan fingerprint density at radius 2 is 1.66 bits per heavy atom. The summed E-state index contributed by atoms with van der Waals surface area (Å²) in [7, 11) is 0. The van der Waals surface area contributed by atoms with E-state index >= 15 is 0 Å². The maximum Gasteiger partial charge on any atom is 0.292 e. The van der Waals surface area contributed by atoms with E-state index in [9.17, 15) is 14.4 Å². The van der Waals surface area contributed by atoms with E-state index in [-0.39, 0.29) is 18.0 Å². The fraction of sp³-hybridized carbons (Fsp3) is 0.476. The normalized spacial score (nSPS) is 21.7. The maximum atomic E-state index is 12.4. The van der Waals surface area contributed by atoms with Crippen LogP contribution in [0.1, 0.15) is 65.4 Å². The lowest BCUT2D eigenvalue weighted by atomic mass is 9.91. The first-order valence-corrected chi connectivity index (χ1v) is 10.2. The van der Waals surface area contributed by atoms with Gasteiger partial charge in [-0.1, -0.05) is 35.5 Å². The number of benzene rings is 1. The Kier molecular flexibility index (Phi) is 5.69. The highest BCUT2D eigenvalue weighted by atomic mass is 16.2. The average molecular weight is 395 g/mol. The second kappa shape index (κ2) is 8.55. The molecule has 1 N–H and O–H groups in total. The summed E-state index contributed by atoms with van der Waals surface area (Å²) in [4.78, 5) is 38.7. The van der Waals surface area contributed by atoms with Gasteiger partial charge in [0.15, 0.2) is 5.69 Å². The number of carbonyl (C=O) groups excluding carboxylic acids is 3. The standard InChI is InChI=1S/C21H25N5O3/c27-19(15-6-2-1-3-7-15)20(28)22-16-8-10-17(11-9-16)26-14-18(23-24-26)21(29)25-12-4-5-13-25/h1-3,6-7,14,16-17H,4-5,8-13H2,(H,22,28). The number of likely N-dealkylation sites (tertiary alicyclic amines) is 1. The van der Waals surface area contributed by atoms with Crippen molar-refractivity contribution in [3.63, 3.8) is 0 Å². The first-order chi connectivity index (χ1) is 14.1. The van der Waals surface area contributed by atoms with Gasteiger partial charge in [-0.3, -0.25) is 14.4 Å². The third-order valence-corrected chi connectivity index (χ3v) is 5.77. The number of carbonyl (C=O) groups is 3. The molecule has 2 amide bonds. The van der Waals surface area contributed by atoms with E-state index in [4.69, 9.17) is 0 Å². The van der Waals surface area contributed by atoms with Crippen LogP contribution < -0.4 is 5.32 Å². The molecule has 1 aliphatic heterocycles. The number of amides is 2. The van der Waals surface area contributed by atoms with Crippen LogP contribution in [0, 0.1) is 0 Å². The predicted molar refractivity (Wildman–Crippen MR) is 105 cm³/mol. The third kappa shape index (κ3) is 4.36. The van der Waals surface area contributed by atoms with Gasteiger partial charge in [-0.2, -0.15) is 0 Å². The van der Waals surface area contributed by atoms with Crippen molar-refractivity contribution in [1.82, 2.24) is 25.2 Å². The van der Waals surface area contributed by atoms with Crippen LogP contribution >= 0.6 is 0 Å². The molecule has 1 saturated heterocycles. The van der Waals surface area contributed by atoms with Gasteiger partial charge in [0.05, 0.1) is 12.2 Å². The molecule has 0 radical (unpaired) electrons. The summed E-state index contributed by atoms with van der Waals surface area (Å²) in [5.41, 5.74) is 0.798. The van der Waals surface area contributed by atoms with Crippen molar-refractivity contribution in [3.8, 4) is 0 Å². The van der Waals surface area contributed by atoms with E-state index in [1.165, 1.54) is 0 Å². The highest BCUT2D eigenvalue weighted by molar-refractivity contribution is 6.42. The lowest BCUT2D eigenvalue weighted by molar-refractivity contribution is -0.117. The largest absolute Gasteiger partial charge is 0.346 e. The first kappa shape index (κ1) is 19.3. The molecule has 2 aliphatic rings. The number of nitrogens with zero attached hydrogens (tertiary/aromatic N) is 4. The van der Waals surface area contributed by atoms with E-state index in [1.807, 2.05) is 11.0 Å². The van der Waals surface area contributed by atoms with Gasteiger partial charge in [0, 0.05) is 24.7 Å².